The monoisotopic (exact) mass is 300 g/mol. The number of imidazole rings is 1. The fraction of sp³-hybridized carbons (Fsp3) is 0.400. The number of piperazine rings is 1. The SMILES string of the molecule is CN1CCN(C(=O)Nc2cccnc2)C[C@H]1c1nccn1C. The van der Waals surface area contributed by atoms with Gasteiger partial charge in [-0.1, -0.05) is 0 Å². The number of nitrogens with one attached hydrogen (secondary N) is 1. The molecule has 3 heterocycles. The van der Waals surface area contributed by atoms with Crippen LogP contribution in [-0.2, 0) is 7.05 Å². The topological polar surface area (TPSA) is 66.3 Å². The number of likely N-dealkylation sites (N-methyl/N-ethyl adjacent to an activating group) is 1. The second kappa shape index (κ2) is 6.15. The average Bonchev–Trinajstić information content (AvgIpc) is 2.94. The van der Waals surface area contributed by atoms with E-state index in [9.17, 15) is 4.79 Å². The molecule has 22 heavy (non-hydrogen) atoms. The summed E-state index contributed by atoms with van der Waals surface area (Å²) in [6, 6.07) is 3.64. The summed E-state index contributed by atoms with van der Waals surface area (Å²) in [4.78, 5) is 24.9. The zero-order valence-electron chi connectivity index (χ0n) is 12.8. The van der Waals surface area contributed by atoms with Crippen molar-refractivity contribution in [2.45, 2.75) is 6.04 Å². The number of aromatic nitrogens is 3. The minimum Gasteiger partial charge on any atom is -0.337 e. The first kappa shape index (κ1) is 14.5. The van der Waals surface area contributed by atoms with Crippen LogP contribution in [-0.4, -0.2) is 57.0 Å². The van der Waals surface area contributed by atoms with Gasteiger partial charge < -0.3 is 14.8 Å². The number of carbonyl (C=O) groups excluding carboxylic acids is 1. The van der Waals surface area contributed by atoms with E-state index in [0.717, 1.165) is 12.4 Å². The molecule has 0 spiro atoms. The van der Waals surface area contributed by atoms with Crippen molar-refractivity contribution in [3.8, 4) is 0 Å². The first-order valence-corrected chi connectivity index (χ1v) is 7.28. The van der Waals surface area contributed by atoms with Gasteiger partial charge in [0.05, 0.1) is 17.9 Å². The smallest absolute Gasteiger partial charge is 0.321 e. The summed E-state index contributed by atoms with van der Waals surface area (Å²) < 4.78 is 2.00. The minimum atomic E-state index is -0.0969. The Bertz CT molecular complexity index is 640. The van der Waals surface area contributed by atoms with E-state index in [-0.39, 0.29) is 12.1 Å². The fourth-order valence-corrected chi connectivity index (χ4v) is 2.67. The Labute approximate surface area is 129 Å². The quantitative estimate of drug-likeness (QED) is 0.909. The number of carbonyl (C=O) groups is 1. The summed E-state index contributed by atoms with van der Waals surface area (Å²) in [5.74, 6) is 0.973. The molecule has 1 N–H and O–H groups in total. The molecule has 1 aliphatic heterocycles. The minimum absolute atomic E-state index is 0.0969. The van der Waals surface area contributed by atoms with Crippen LogP contribution in [0.4, 0.5) is 10.5 Å². The molecule has 0 aliphatic carbocycles. The second-order valence-corrected chi connectivity index (χ2v) is 5.51. The molecule has 1 saturated heterocycles. The van der Waals surface area contributed by atoms with Crippen molar-refractivity contribution in [2.24, 2.45) is 7.05 Å². The Balaban J connectivity index is 1.70. The number of rotatable bonds is 2. The molecule has 0 saturated carbocycles. The van der Waals surface area contributed by atoms with Gasteiger partial charge in [0.2, 0.25) is 0 Å². The number of hydrogen-bond donors (Lipinski definition) is 1. The lowest BCUT2D eigenvalue weighted by Crippen LogP contribution is -2.50. The molecule has 2 amide bonds. The Morgan fingerprint density at radius 2 is 2.18 bits per heavy atom. The number of pyridine rings is 1. The van der Waals surface area contributed by atoms with Gasteiger partial charge >= 0.3 is 6.03 Å². The van der Waals surface area contributed by atoms with Crippen LogP contribution in [0.15, 0.2) is 36.9 Å². The number of nitrogens with zero attached hydrogens (tertiary/aromatic N) is 5. The Morgan fingerprint density at radius 1 is 1.32 bits per heavy atom. The fourth-order valence-electron chi connectivity index (χ4n) is 2.67. The van der Waals surface area contributed by atoms with Crippen LogP contribution in [0.5, 0.6) is 0 Å². The first-order valence-electron chi connectivity index (χ1n) is 7.28. The Hall–Kier alpha value is -2.41. The van der Waals surface area contributed by atoms with Gasteiger partial charge in [-0.25, -0.2) is 9.78 Å². The summed E-state index contributed by atoms with van der Waals surface area (Å²) in [6.45, 7) is 2.13. The lowest BCUT2D eigenvalue weighted by atomic mass is 10.1. The largest absolute Gasteiger partial charge is 0.337 e. The van der Waals surface area contributed by atoms with Crippen LogP contribution >= 0.6 is 0 Å². The maximum absolute atomic E-state index is 12.4. The summed E-state index contributed by atoms with van der Waals surface area (Å²) in [7, 11) is 4.04. The first-order chi connectivity index (χ1) is 10.6. The molecular weight excluding hydrogens is 280 g/mol. The summed E-state index contributed by atoms with van der Waals surface area (Å²) in [5.41, 5.74) is 0.708. The van der Waals surface area contributed by atoms with Crippen molar-refractivity contribution in [3.63, 3.8) is 0 Å². The standard InChI is InChI=1S/C15H20N6O/c1-19-8-9-21(11-13(19)14-17-6-7-20(14)2)15(22)18-12-4-3-5-16-10-12/h3-7,10,13H,8-9,11H2,1-2H3,(H,18,22)/t13-/m0/s1. The average molecular weight is 300 g/mol. The van der Waals surface area contributed by atoms with Gasteiger partial charge in [-0.15, -0.1) is 0 Å². The summed E-state index contributed by atoms with van der Waals surface area (Å²) in [6.07, 6.45) is 7.04. The van der Waals surface area contributed by atoms with Gasteiger partial charge in [0.25, 0.3) is 0 Å². The zero-order valence-corrected chi connectivity index (χ0v) is 12.8. The van der Waals surface area contributed by atoms with Gasteiger partial charge in [0.15, 0.2) is 0 Å². The molecule has 0 aromatic carbocycles. The molecule has 1 atom stereocenters. The van der Waals surface area contributed by atoms with Crippen molar-refractivity contribution in [3.05, 3.63) is 42.7 Å². The number of amides is 2. The molecule has 3 rings (SSSR count). The van der Waals surface area contributed by atoms with Crippen LogP contribution < -0.4 is 5.32 Å². The van der Waals surface area contributed by atoms with E-state index >= 15 is 0 Å². The highest BCUT2D eigenvalue weighted by atomic mass is 16.2. The highest BCUT2D eigenvalue weighted by molar-refractivity contribution is 5.89. The number of aryl methyl sites for hydroxylation is 1. The van der Waals surface area contributed by atoms with Crippen molar-refractivity contribution in [1.29, 1.82) is 0 Å². The van der Waals surface area contributed by atoms with Crippen LogP contribution in [0.1, 0.15) is 11.9 Å². The molecule has 2 aromatic rings. The van der Waals surface area contributed by atoms with Gasteiger partial charge in [-0.3, -0.25) is 9.88 Å². The molecule has 2 aromatic heterocycles. The Morgan fingerprint density at radius 3 is 2.86 bits per heavy atom. The lowest BCUT2D eigenvalue weighted by molar-refractivity contribution is 0.110. The Kier molecular flexibility index (Phi) is 4.06. The van der Waals surface area contributed by atoms with Crippen molar-refractivity contribution >= 4 is 11.7 Å². The number of anilines is 1. The summed E-state index contributed by atoms with van der Waals surface area (Å²) >= 11 is 0. The molecular formula is C15H20N6O. The van der Waals surface area contributed by atoms with E-state index in [1.165, 1.54) is 0 Å². The predicted molar refractivity (Wildman–Crippen MR) is 83.4 cm³/mol. The van der Waals surface area contributed by atoms with Crippen molar-refractivity contribution in [1.82, 2.24) is 24.3 Å². The van der Waals surface area contributed by atoms with Gasteiger partial charge in [0, 0.05) is 45.3 Å². The molecule has 0 radical (unpaired) electrons. The maximum Gasteiger partial charge on any atom is 0.321 e. The third kappa shape index (κ3) is 2.94. The van der Waals surface area contributed by atoms with E-state index in [2.05, 4.69) is 27.2 Å². The maximum atomic E-state index is 12.4. The van der Waals surface area contributed by atoms with Gasteiger partial charge in [-0.05, 0) is 19.2 Å². The van der Waals surface area contributed by atoms with Crippen LogP contribution in [0.3, 0.4) is 0 Å². The number of urea groups is 1. The van der Waals surface area contributed by atoms with Crippen LogP contribution in [0.2, 0.25) is 0 Å². The third-order valence-corrected chi connectivity index (χ3v) is 4.00. The highest BCUT2D eigenvalue weighted by Crippen LogP contribution is 2.22. The molecule has 1 aliphatic rings. The van der Waals surface area contributed by atoms with Gasteiger partial charge in [-0.2, -0.15) is 0 Å². The normalized spacial score (nSPS) is 19.2. The van der Waals surface area contributed by atoms with Gasteiger partial charge in [0.1, 0.15) is 5.82 Å². The predicted octanol–water partition coefficient (Wildman–Crippen LogP) is 1.34. The van der Waals surface area contributed by atoms with E-state index in [0.29, 0.717) is 18.8 Å². The number of hydrogen-bond acceptors (Lipinski definition) is 4. The van der Waals surface area contributed by atoms with Crippen molar-refractivity contribution in [2.75, 3.05) is 32.0 Å². The van der Waals surface area contributed by atoms with Crippen LogP contribution in [0, 0.1) is 0 Å². The van der Waals surface area contributed by atoms with E-state index in [1.807, 2.05) is 28.8 Å². The van der Waals surface area contributed by atoms with E-state index in [4.69, 9.17) is 0 Å². The highest BCUT2D eigenvalue weighted by Gasteiger charge is 2.30. The van der Waals surface area contributed by atoms with E-state index in [1.54, 1.807) is 24.7 Å². The second-order valence-electron chi connectivity index (χ2n) is 5.51. The lowest BCUT2D eigenvalue weighted by Gasteiger charge is -2.38. The molecule has 7 nitrogen and oxygen atoms in total. The molecule has 7 heteroatoms. The molecule has 0 bridgehead atoms. The molecule has 116 valence electrons. The zero-order chi connectivity index (χ0) is 15.5. The summed E-state index contributed by atoms with van der Waals surface area (Å²) in [5, 5.41) is 2.89. The van der Waals surface area contributed by atoms with Crippen LogP contribution in [0.25, 0.3) is 0 Å². The molecule has 0 unspecified atom stereocenters. The van der Waals surface area contributed by atoms with Crippen molar-refractivity contribution < 1.29 is 4.79 Å². The van der Waals surface area contributed by atoms with E-state index < -0.39 is 0 Å². The molecule has 1 fully saturated rings. The third-order valence-electron chi connectivity index (χ3n) is 4.00.